The second kappa shape index (κ2) is 5.26. The van der Waals surface area contributed by atoms with Gasteiger partial charge in [-0.3, -0.25) is 9.20 Å². The Morgan fingerprint density at radius 2 is 2.33 bits per heavy atom. The Balaban J connectivity index is 1.99. The maximum atomic E-state index is 12.6. The van der Waals surface area contributed by atoms with Gasteiger partial charge in [-0.1, -0.05) is 0 Å². The summed E-state index contributed by atoms with van der Waals surface area (Å²) in [4.78, 5) is 16.3. The number of fused-ring (bicyclic) bond motifs is 1. The van der Waals surface area contributed by atoms with E-state index >= 15 is 0 Å². The van der Waals surface area contributed by atoms with Crippen LogP contribution in [0.3, 0.4) is 0 Å². The van der Waals surface area contributed by atoms with E-state index in [-0.39, 0.29) is 16.8 Å². The number of carbonyl (C=O) groups excluding carboxylic acids is 1. The Morgan fingerprint density at radius 1 is 1.52 bits per heavy atom. The zero-order chi connectivity index (χ0) is 15.0. The Labute approximate surface area is 124 Å². The zero-order valence-corrected chi connectivity index (χ0v) is 12.5. The molecule has 1 saturated heterocycles. The van der Waals surface area contributed by atoms with Crippen molar-refractivity contribution in [3.8, 4) is 0 Å². The molecule has 0 bridgehead atoms. The number of rotatable bonds is 4. The maximum absolute atomic E-state index is 12.6. The molecular weight excluding hydrogens is 316 g/mol. The van der Waals surface area contributed by atoms with E-state index in [2.05, 4.69) is 20.4 Å². The van der Waals surface area contributed by atoms with Gasteiger partial charge in [-0.2, -0.15) is 9.71 Å². The molecule has 0 aromatic carbocycles. The number of hydrogen-bond donors (Lipinski definition) is 4. The molecule has 3 heterocycles. The molecule has 1 aliphatic heterocycles. The molecule has 1 atom stereocenters. The van der Waals surface area contributed by atoms with Crippen molar-refractivity contribution in [2.75, 3.05) is 12.0 Å². The number of amides is 1. The highest BCUT2D eigenvalue weighted by atomic mass is 32.2. The molecule has 5 N–H and O–H groups in total. The van der Waals surface area contributed by atoms with Gasteiger partial charge in [0.25, 0.3) is 10.0 Å². The van der Waals surface area contributed by atoms with Gasteiger partial charge in [0, 0.05) is 18.1 Å². The predicted octanol–water partition coefficient (Wildman–Crippen LogP) is -0.762. The van der Waals surface area contributed by atoms with E-state index in [0.29, 0.717) is 17.9 Å². The molecule has 21 heavy (non-hydrogen) atoms. The van der Waals surface area contributed by atoms with Crippen LogP contribution in [0.2, 0.25) is 0 Å². The van der Waals surface area contributed by atoms with Crippen LogP contribution < -0.4 is 21.3 Å². The minimum Gasteiger partial charge on any atom is -0.355 e. The third-order valence-electron chi connectivity index (χ3n) is 3.19. The quantitative estimate of drug-likeness (QED) is 0.430. The number of carbonyl (C=O) groups is 1. The summed E-state index contributed by atoms with van der Waals surface area (Å²) in [5.41, 5.74) is 2.28. The number of sulfonamides is 1. The van der Waals surface area contributed by atoms with Crippen LogP contribution in [0.1, 0.15) is 12.8 Å². The first-order chi connectivity index (χ1) is 10.0. The van der Waals surface area contributed by atoms with Gasteiger partial charge in [-0.25, -0.2) is 14.3 Å². The summed E-state index contributed by atoms with van der Waals surface area (Å²) >= 11 is 1.29. The van der Waals surface area contributed by atoms with Crippen LogP contribution in [0.4, 0.5) is 5.82 Å². The average molecular weight is 330 g/mol. The normalized spacial score (nSPS) is 19.7. The lowest BCUT2D eigenvalue weighted by molar-refractivity contribution is -0.124. The van der Waals surface area contributed by atoms with Crippen LogP contribution in [0.25, 0.3) is 4.96 Å². The fourth-order valence-electron chi connectivity index (χ4n) is 2.24. The fraction of sp³-hybridized carbons (Fsp3) is 0.400. The number of anilines is 1. The lowest BCUT2D eigenvalue weighted by Crippen LogP contribution is -2.50. The number of aromatic nitrogens is 2. The first-order valence-corrected chi connectivity index (χ1v) is 8.61. The number of nitrogens with one attached hydrogen (secondary N) is 3. The molecule has 1 unspecified atom stereocenters. The van der Waals surface area contributed by atoms with Crippen LogP contribution in [-0.2, 0) is 14.8 Å². The highest BCUT2D eigenvalue weighted by Crippen LogP contribution is 2.25. The van der Waals surface area contributed by atoms with E-state index < -0.39 is 16.1 Å². The van der Waals surface area contributed by atoms with Crippen LogP contribution >= 0.6 is 11.3 Å². The van der Waals surface area contributed by atoms with E-state index in [0.717, 1.165) is 6.42 Å². The van der Waals surface area contributed by atoms with Gasteiger partial charge in [0.1, 0.15) is 6.04 Å². The van der Waals surface area contributed by atoms with Gasteiger partial charge in [0.2, 0.25) is 10.9 Å². The van der Waals surface area contributed by atoms with Crippen LogP contribution in [-0.4, -0.2) is 36.3 Å². The fourth-order valence-corrected chi connectivity index (χ4v) is 4.49. The minimum atomic E-state index is -3.93. The van der Waals surface area contributed by atoms with Crippen molar-refractivity contribution in [3.05, 3.63) is 11.6 Å². The third-order valence-corrected chi connectivity index (χ3v) is 5.44. The Bertz CT molecular complexity index is 780. The lowest BCUT2D eigenvalue weighted by atomic mass is 10.1. The highest BCUT2D eigenvalue weighted by Gasteiger charge is 2.32. The number of hydrogen-bond acceptors (Lipinski definition) is 7. The van der Waals surface area contributed by atoms with E-state index in [4.69, 9.17) is 5.84 Å². The first kappa shape index (κ1) is 14.3. The number of piperidine rings is 1. The number of hydrazine groups is 1. The van der Waals surface area contributed by atoms with Crippen molar-refractivity contribution in [2.45, 2.75) is 23.9 Å². The Morgan fingerprint density at radius 3 is 3.05 bits per heavy atom. The van der Waals surface area contributed by atoms with E-state index in [1.165, 1.54) is 15.7 Å². The molecule has 0 aliphatic carbocycles. The summed E-state index contributed by atoms with van der Waals surface area (Å²) < 4.78 is 28.9. The molecule has 1 fully saturated rings. The largest absolute Gasteiger partial charge is 0.355 e. The van der Waals surface area contributed by atoms with Crippen molar-refractivity contribution in [2.24, 2.45) is 5.84 Å². The molecule has 9 nitrogen and oxygen atoms in total. The molecule has 2 aromatic rings. The maximum Gasteiger partial charge on any atom is 0.261 e. The van der Waals surface area contributed by atoms with E-state index in [1.807, 2.05) is 0 Å². The van der Waals surface area contributed by atoms with Crippen molar-refractivity contribution in [3.63, 3.8) is 0 Å². The molecule has 0 saturated carbocycles. The highest BCUT2D eigenvalue weighted by molar-refractivity contribution is 7.89. The van der Waals surface area contributed by atoms with Crippen molar-refractivity contribution >= 4 is 38.0 Å². The SMILES string of the molecule is NNc1nc2sccn2c1S(=O)(=O)NC1CCCNC1=O. The monoisotopic (exact) mass is 330 g/mol. The second-order valence-electron chi connectivity index (χ2n) is 4.57. The molecule has 0 spiro atoms. The van der Waals surface area contributed by atoms with Gasteiger partial charge in [-0.15, -0.1) is 11.3 Å². The lowest BCUT2D eigenvalue weighted by Gasteiger charge is -2.22. The first-order valence-electron chi connectivity index (χ1n) is 6.25. The Hall–Kier alpha value is -1.69. The molecule has 3 rings (SSSR count). The summed E-state index contributed by atoms with van der Waals surface area (Å²) in [6.45, 7) is 0.564. The smallest absolute Gasteiger partial charge is 0.261 e. The molecule has 1 aliphatic rings. The van der Waals surface area contributed by atoms with Gasteiger partial charge in [0.15, 0.2) is 10.8 Å². The molecular formula is C10H14N6O3S2. The molecule has 114 valence electrons. The van der Waals surface area contributed by atoms with Crippen LogP contribution in [0.15, 0.2) is 16.6 Å². The van der Waals surface area contributed by atoms with Gasteiger partial charge >= 0.3 is 0 Å². The summed E-state index contributed by atoms with van der Waals surface area (Å²) in [7, 11) is -3.93. The Kier molecular flexibility index (Phi) is 3.57. The number of nitrogens with zero attached hydrogens (tertiary/aromatic N) is 2. The third kappa shape index (κ3) is 2.48. The van der Waals surface area contributed by atoms with Gasteiger partial charge < -0.3 is 10.7 Å². The predicted molar refractivity (Wildman–Crippen MR) is 77.2 cm³/mol. The number of thiazole rings is 1. The van der Waals surface area contributed by atoms with Crippen LogP contribution in [0.5, 0.6) is 0 Å². The molecule has 0 radical (unpaired) electrons. The summed E-state index contributed by atoms with van der Waals surface area (Å²) in [6.07, 6.45) is 2.77. The number of nitrogens with two attached hydrogens (primary N) is 1. The summed E-state index contributed by atoms with van der Waals surface area (Å²) in [5.74, 6) is 5.06. The van der Waals surface area contributed by atoms with E-state index in [9.17, 15) is 13.2 Å². The average Bonchev–Trinajstić information content (AvgIpc) is 3.00. The second-order valence-corrected chi connectivity index (χ2v) is 7.07. The molecule has 11 heteroatoms. The van der Waals surface area contributed by atoms with Crippen molar-refractivity contribution in [1.82, 2.24) is 19.4 Å². The summed E-state index contributed by atoms with van der Waals surface area (Å²) in [6, 6.07) is -0.779. The van der Waals surface area contributed by atoms with Crippen LogP contribution in [0, 0.1) is 0 Å². The topological polar surface area (TPSA) is 131 Å². The van der Waals surface area contributed by atoms with Crippen molar-refractivity contribution in [1.29, 1.82) is 0 Å². The zero-order valence-electron chi connectivity index (χ0n) is 10.9. The number of imidazole rings is 1. The van der Waals surface area contributed by atoms with Gasteiger partial charge in [0.05, 0.1) is 0 Å². The number of nitrogen functional groups attached to an aromatic ring is 1. The van der Waals surface area contributed by atoms with Crippen molar-refractivity contribution < 1.29 is 13.2 Å². The van der Waals surface area contributed by atoms with Gasteiger partial charge in [-0.05, 0) is 12.8 Å². The molecule has 1 amide bonds. The standard InChI is InChI=1S/C10H14N6O3S2/c11-14-7-9(16-4-5-20-10(16)13-7)21(18,19)15-6-2-1-3-12-8(6)17/h4-6,14-15H,1-3,11H2,(H,12,17). The van der Waals surface area contributed by atoms with E-state index in [1.54, 1.807) is 11.6 Å². The summed E-state index contributed by atoms with van der Waals surface area (Å²) in [5, 5.41) is 4.25. The molecule has 2 aromatic heterocycles. The minimum absolute atomic E-state index is 0.0468.